The summed E-state index contributed by atoms with van der Waals surface area (Å²) >= 11 is 1.31. The first-order chi connectivity index (χ1) is 16.4. The number of carbonyl (C=O) groups excluding carboxylic acids is 2. The van der Waals surface area contributed by atoms with Crippen LogP contribution in [0.1, 0.15) is 36.0 Å². The molecule has 4 rings (SSSR count). The van der Waals surface area contributed by atoms with Crippen molar-refractivity contribution in [2.24, 2.45) is 0 Å². The van der Waals surface area contributed by atoms with Gasteiger partial charge in [-0.05, 0) is 43.2 Å². The van der Waals surface area contributed by atoms with E-state index in [1.165, 1.54) is 41.0 Å². The largest absolute Gasteiger partial charge is 0.496 e. The molecule has 2 aromatic carbocycles. The summed E-state index contributed by atoms with van der Waals surface area (Å²) in [6.07, 6.45) is 3.58. The van der Waals surface area contributed by atoms with Crippen LogP contribution < -0.4 is 10.1 Å². The van der Waals surface area contributed by atoms with E-state index in [-0.39, 0.29) is 16.2 Å². The van der Waals surface area contributed by atoms with Gasteiger partial charge in [-0.25, -0.2) is 18.2 Å². The van der Waals surface area contributed by atoms with Crippen LogP contribution in [0.25, 0.3) is 10.2 Å². The van der Waals surface area contributed by atoms with Gasteiger partial charge in [0, 0.05) is 13.1 Å². The summed E-state index contributed by atoms with van der Waals surface area (Å²) < 4.78 is 39.0. The number of thiazole rings is 1. The molecular formula is C23H25N3O6S2. The highest BCUT2D eigenvalue weighted by atomic mass is 32.2. The van der Waals surface area contributed by atoms with Crippen LogP contribution in [0.15, 0.2) is 47.4 Å². The number of nitrogens with zero attached hydrogens (tertiary/aromatic N) is 2. The third kappa shape index (κ3) is 5.37. The topological polar surface area (TPSA) is 115 Å². The first-order valence-electron chi connectivity index (χ1n) is 10.9. The first-order valence-corrected chi connectivity index (χ1v) is 13.1. The Kier molecular flexibility index (Phi) is 7.44. The van der Waals surface area contributed by atoms with Crippen LogP contribution in [0.4, 0.5) is 5.13 Å². The number of rotatable bonds is 7. The number of para-hydroxylation sites is 1. The van der Waals surface area contributed by atoms with Crippen molar-refractivity contribution in [1.29, 1.82) is 0 Å². The zero-order valence-corrected chi connectivity index (χ0v) is 20.3. The Hall–Kier alpha value is -3.02. The van der Waals surface area contributed by atoms with E-state index in [1.54, 1.807) is 0 Å². The van der Waals surface area contributed by atoms with Crippen LogP contribution in [-0.4, -0.2) is 56.4 Å². The van der Waals surface area contributed by atoms with Crippen molar-refractivity contribution >= 4 is 48.6 Å². The third-order valence-electron chi connectivity index (χ3n) is 5.47. The van der Waals surface area contributed by atoms with E-state index in [4.69, 9.17) is 9.47 Å². The lowest BCUT2D eigenvalue weighted by Crippen LogP contribution is -2.32. The van der Waals surface area contributed by atoms with Crippen LogP contribution in [0.3, 0.4) is 0 Å². The van der Waals surface area contributed by atoms with E-state index in [0.29, 0.717) is 18.2 Å². The molecule has 9 nitrogen and oxygen atoms in total. The minimum absolute atomic E-state index is 0.0129. The van der Waals surface area contributed by atoms with Gasteiger partial charge in [0.25, 0.3) is 5.91 Å². The molecule has 34 heavy (non-hydrogen) atoms. The standard InChI is InChI=1S/C23H25N3O6S2/c1-31-19-11-10-16(34(29,30)26-12-6-2-3-7-13-26)14-17(19)22(28)32-15-21(27)25-23-24-18-8-4-5-9-20(18)33-23/h4-5,8-11,14H,2-3,6-7,12-13,15H2,1H3,(H,24,25,27). The summed E-state index contributed by atoms with van der Waals surface area (Å²) in [6, 6.07) is 11.5. The summed E-state index contributed by atoms with van der Waals surface area (Å²) in [5.41, 5.74) is 0.693. The van der Waals surface area contributed by atoms with Gasteiger partial charge in [0.2, 0.25) is 10.0 Å². The molecule has 3 aromatic rings. The second-order valence-electron chi connectivity index (χ2n) is 7.79. The van der Waals surface area contributed by atoms with Crippen LogP contribution >= 0.6 is 11.3 Å². The summed E-state index contributed by atoms with van der Waals surface area (Å²) in [7, 11) is -2.40. The Morgan fingerprint density at radius 1 is 1.09 bits per heavy atom. The molecule has 0 spiro atoms. The van der Waals surface area contributed by atoms with Gasteiger partial charge in [0.1, 0.15) is 11.3 Å². The van der Waals surface area contributed by atoms with Gasteiger partial charge < -0.3 is 9.47 Å². The monoisotopic (exact) mass is 503 g/mol. The molecule has 0 radical (unpaired) electrons. The Labute approximate surface area is 201 Å². The average Bonchev–Trinajstić information content (AvgIpc) is 3.03. The molecule has 11 heteroatoms. The molecule has 2 heterocycles. The molecule has 0 unspecified atom stereocenters. The number of benzene rings is 2. The molecule has 1 N–H and O–H groups in total. The van der Waals surface area contributed by atoms with Crippen molar-refractivity contribution in [2.75, 3.05) is 32.1 Å². The molecule has 0 saturated carbocycles. The molecule has 1 amide bonds. The van der Waals surface area contributed by atoms with Gasteiger partial charge in [-0.15, -0.1) is 0 Å². The molecule has 0 aliphatic carbocycles. The van der Waals surface area contributed by atoms with Crippen molar-refractivity contribution in [1.82, 2.24) is 9.29 Å². The molecule has 0 bridgehead atoms. The number of ether oxygens (including phenoxy) is 2. The fourth-order valence-corrected chi connectivity index (χ4v) is 6.15. The summed E-state index contributed by atoms with van der Waals surface area (Å²) in [6.45, 7) is 0.334. The molecule has 1 aromatic heterocycles. The van der Waals surface area contributed by atoms with Crippen molar-refractivity contribution in [2.45, 2.75) is 30.6 Å². The van der Waals surface area contributed by atoms with Crippen LogP contribution in [0, 0.1) is 0 Å². The van der Waals surface area contributed by atoms with Gasteiger partial charge in [0.15, 0.2) is 11.7 Å². The number of amides is 1. The lowest BCUT2D eigenvalue weighted by molar-refractivity contribution is -0.119. The number of hydrogen-bond acceptors (Lipinski definition) is 8. The van der Waals surface area contributed by atoms with Crippen molar-refractivity contribution in [3.63, 3.8) is 0 Å². The average molecular weight is 504 g/mol. The minimum atomic E-state index is -3.77. The molecule has 180 valence electrons. The zero-order chi connectivity index (χ0) is 24.1. The van der Waals surface area contributed by atoms with Crippen molar-refractivity contribution in [3.8, 4) is 5.75 Å². The number of carbonyl (C=O) groups is 2. The van der Waals surface area contributed by atoms with Gasteiger partial charge in [-0.2, -0.15) is 4.31 Å². The molecule has 1 saturated heterocycles. The molecule has 1 fully saturated rings. The van der Waals surface area contributed by atoms with E-state index < -0.39 is 28.5 Å². The maximum absolute atomic E-state index is 13.1. The second-order valence-corrected chi connectivity index (χ2v) is 10.8. The molecular weight excluding hydrogens is 478 g/mol. The van der Waals surface area contributed by atoms with Crippen LogP contribution in [0.2, 0.25) is 0 Å². The number of anilines is 1. The van der Waals surface area contributed by atoms with E-state index in [9.17, 15) is 18.0 Å². The fourth-order valence-electron chi connectivity index (χ4n) is 3.73. The Balaban J connectivity index is 1.45. The molecule has 1 aliphatic rings. The van der Waals surface area contributed by atoms with E-state index in [2.05, 4.69) is 10.3 Å². The second kappa shape index (κ2) is 10.5. The number of methoxy groups -OCH3 is 1. The zero-order valence-electron chi connectivity index (χ0n) is 18.7. The maximum Gasteiger partial charge on any atom is 0.342 e. The number of aromatic nitrogens is 1. The van der Waals surface area contributed by atoms with Gasteiger partial charge in [-0.1, -0.05) is 36.3 Å². The van der Waals surface area contributed by atoms with Crippen LogP contribution in [-0.2, 0) is 19.6 Å². The van der Waals surface area contributed by atoms with Crippen molar-refractivity contribution in [3.05, 3.63) is 48.0 Å². The lowest BCUT2D eigenvalue weighted by atomic mass is 10.2. The van der Waals surface area contributed by atoms with Gasteiger partial charge >= 0.3 is 5.97 Å². The first kappa shape index (κ1) is 24.1. The Bertz CT molecular complexity index is 1260. The summed E-state index contributed by atoms with van der Waals surface area (Å²) in [5.74, 6) is -1.25. The highest BCUT2D eigenvalue weighted by Gasteiger charge is 2.27. The van der Waals surface area contributed by atoms with E-state index >= 15 is 0 Å². The van der Waals surface area contributed by atoms with Crippen molar-refractivity contribution < 1.29 is 27.5 Å². The van der Waals surface area contributed by atoms with Crippen LogP contribution in [0.5, 0.6) is 5.75 Å². The third-order valence-corrected chi connectivity index (χ3v) is 8.31. The predicted molar refractivity (Wildman–Crippen MR) is 129 cm³/mol. The van der Waals surface area contributed by atoms with E-state index in [0.717, 1.165) is 35.9 Å². The quantitative estimate of drug-likeness (QED) is 0.489. The number of sulfonamides is 1. The number of esters is 1. The van der Waals surface area contributed by atoms with Gasteiger partial charge in [-0.3, -0.25) is 10.1 Å². The Morgan fingerprint density at radius 2 is 1.82 bits per heavy atom. The number of fused-ring (bicyclic) bond motifs is 1. The fraction of sp³-hybridized carbons (Fsp3) is 0.348. The maximum atomic E-state index is 13.1. The highest BCUT2D eigenvalue weighted by Crippen LogP contribution is 2.27. The normalized spacial score (nSPS) is 15.0. The summed E-state index contributed by atoms with van der Waals surface area (Å²) in [5, 5.41) is 3.00. The minimum Gasteiger partial charge on any atom is -0.496 e. The highest BCUT2D eigenvalue weighted by molar-refractivity contribution is 7.89. The van der Waals surface area contributed by atoms with E-state index in [1.807, 2.05) is 24.3 Å². The number of hydrogen-bond donors (Lipinski definition) is 1. The smallest absolute Gasteiger partial charge is 0.342 e. The summed E-state index contributed by atoms with van der Waals surface area (Å²) in [4.78, 5) is 29.3. The predicted octanol–water partition coefficient (Wildman–Crippen LogP) is 3.67. The molecule has 1 aliphatic heterocycles. The SMILES string of the molecule is COc1ccc(S(=O)(=O)N2CCCCCC2)cc1C(=O)OCC(=O)Nc1nc2ccccc2s1. The molecule has 0 atom stereocenters. The van der Waals surface area contributed by atoms with Gasteiger partial charge in [0.05, 0.1) is 22.2 Å². The lowest BCUT2D eigenvalue weighted by Gasteiger charge is -2.20. The number of nitrogens with one attached hydrogen (secondary N) is 1. The Morgan fingerprint density at radius 3 is 2.53 bits per heavy atom.